The van der Waals surface area contributed by atoms with Gasteiger partial charge in [-0.1, -0.05) is 29.8 Å². The minimum atomic E-state index is -3.39. The van der Waals surface area contributed by atoms with Crippen LogP contribution in [-0.2, 0) is 16.4 Å². The van der Waals surface area contributed by atoms with Gasteiger partial charge in [0.2, 0.25) is 10.0 Å². The second kappa shape index (κ2) is 6.45. The number of nitrogens with one attached hydrogen (secondary N) is 1. The number of fused-ring (bicyclic) bond motifs is 1. The van der Waals surface area contributed by atoms with E-state index in [0.29, 0.717) is 17.8 Å². The zero-order chi connectivity index (χ0) is 17.3. The largest absolute Gasteiger partial charge is 0.308 e. The van der Waals surface area contributed by atoms with Gasteiger partial charge in [-0.05, 0) is 42.7 Å². The molecule has 0 atom stereocenters. The number of hydrogen-bond donors (Lipinski definition) is 1. The van der Waals surface area contributed by atoms with E-state index in [9.17, 15) is 13.2 Å². The fraction of sp³-hybridized carbons (Fsp3) is 0.235. The topological polar surface area (TPSA) is 66.5 Å². The number of hydrogen-bond acceptors (Lipinski definition) is 3. The lowest BCUT2D eigenvalue weighted by Gasteiger charge is -2.29. The Morgan fingerprint density at radius 1 is 1.21 bits per heavy atom. The minimum Gasteiger partial charge on any atom is -0.308 e. The van der Waals surface area contributed by atoms with E-state index in [4.69, 9.17) is 11.6 Å². The third-order valence-electron chi connectivity index (χ3n) is 3.86. The lowest BCUT2D eigenvalue weighted by Crippen LogP contribution is -2.35. The molecule has 24 heavy (non-hydrogen) atoms. The third-order valence-corrected chi connectivity index (χ3v) is 4.78. The molecule has 1 amide bonds. The van der Waals surface area contributed by atoms with Crippen molar-refractivity contribution < 1.29 is 13.2 Å². The SMILES string of the molecule is CS(=O)(=O)Nc1ccc(C(=O)N2CCCc3ccccc32)c(Cl)c1. The number of rotatable bonds is 3. The molecule has 1 aliphatic heterocycles. The van der Waals surface area contributed by atoms with Crippen LogP contribution in [-0.4, -0.2) is 27.1 Å². The molecule has 0 aromatic heterocycles. The molecule has 3 rings (SSSR count). The number of nitrogens with zero attached hydrogens (tertiary/aromatic N) is 1. The lowest BCUT2D eigenvalue weighted by atomic mass is 10.0. The van der Waals surface area contributed by atoms with Gasteiger partial charge >= 0.3 is 0 Å². The van der Waals surface area contributed by atoms with Crippen LogP contribution in [0, 0.1) is 0 Å². The van der Waals surface area contributed by atoms with Crippen LogP contribution in [0.2, 0.25) is 5.02 Å². The first-order chi connectivity index (χ1) is 11.3. The van der Waals surface area contributed by atoms with Gasteiger partial charge < -0.3 is 4.90 Å². The van der Waals surface area contributed by atoms with Gasteiger partial charge in [0.25, 0.3) is 5.91 Å². The summed E-state index contributed by atoms with van der Waals surface area (Å²) < 4.78 is 24.9. The van der Waals surface area contributed by atoms with Crippen molar-refractivity contribution in [2.75, 3.05) is 22.4 Å². The maximum Gasteiger partial charge on any atom is 0.259 e. The van der Waals surface area contributed by atoms with Gasteiger partial charge in [-0.15, -0.1) is 0 Å². The first-order valence-corrected chi connectivity index (χ1v) is 9.79. The lowest BCUT2D eigenvalue weighted by molar-refractivity contribution is 0.0985. The highest BCUT2D eigenvalue weighted by Crippen LogP contribution is 2.30. The Kier molecular flexibility index (Phi) is 4.51. The number of carbonyl (C=O) groups excluding carboxylic acids is 1. The smallest absolute Gasteiger partial charge is 0.259 e. The number of sulfonamides is 1. The van der Waals surface area contributed by atoms with Gasteiger partial charge in [0.05, 0.1) is 16.8 Å². The Bertz CT molecular complexity index is 896. The summed E-state index contributed by atoms with van der Waals surface area (Å²) in [4.78, 5) is 14.6. The summed E-state index contributed by atoms with van der Waals surface area (Å²) in [5, 5.41) is 0.219. The molecule has 1 heterocycles. The number of halogens is 1. The molecule has 2 aromatic carbocycles. The van der Waals surface area contributed by atoms with Crippen LogP contribution in [0.15, 0.2) is 42.5 Å². The standard InChI is InChI=1S/C17H17ClN2O3S/c1-24(22,23)19-13-8-9-14(15(18)11-13)17(21)20-10-4-6-12-5-2-3-7-16(12)20/h2-3,5,7-9,11,19H,4,6,10H2,1H3. The Morgan fingerprint density at radius 2 is 1.96 bits per heavy atom. The average molecular weight is 365 g/mol. The van der Waals surface area contributed by atoms with Crippen molar-refractivity contribution in [2.45, 2.75) is 12.8 Å². The molecule has 5 nitrogen and oxygen atoms in total. The maximum absolute atomic E-state index is 12.9. The van der Waals surface area contributed by atoms with Crippen molar-refractivity contribution in [3.63, 3.8) is 0 Å². The predicted molar refractivity (Wildman–Crippen MR) is 96.4 cm³/mol. The number of aryl methyl sites for hydroxylation is 1. The van der Waals surface area contributed by atoms with E-state index in [1.165, 1.54) is 12.1 Å². The highest BCUT2D eigenvalue weighted by Gasteiger charge is 2.24. The van der Waals surface area contributed by atoms with Gasteiger partial charge in [-0.25, -0.2) is 8.42 Å². The normalized spacial score (nSPS) is 14.2. The van der Waals surface area contributed by atoms with Gasteiger partial charge in [0, 0.05) is 17.9 Å². The molecule has 0 radical (unpaired) electrons. The van der Waals surface area contributed by atoms with E-state index >= 15 is 0 Å². The fourth-order valence-electron chi connectivity index (χ4n) is 2.86. The summed E-state index contributed by atoms with van der Waals surface area (Å²) >= 11 is 6.22. The Hall–Kier alpha value is -2.05. The van der Waals surface area contributed by atoms with Gasteiger partial charge in [0.15, 0.2) is 0 Å². The van der Waals surface area contributed by atoms with Crippen LogP contribution in [0.5, 0.6) is 0 Å². The molecule has 0 saturated carbocycles. The van der Waals surface area contributed by atoms with Crippen LogP contribution in [0.4, 0.5) is 11.4 Å². The van der Waals surface area contributed by atoms with E-state index < -0.39 is 10.0 Å². The zero-order valence-electron chi connectivity index (χ0n) is 13.1. The van der Waals surface area contributed by atoms with E-state index in [1.807, 2.05) is 24.3 Å². The highest BCUT2D eigenvalue weighted by molar-refractivity contribution is 7.92. The van der Waals surface area contributed by atoms with Crippen molar-refractivity contribution in [3.05, 3.63) is 58.6 Å². The van der Waals surface area contributed by atoms with Crippen molar-refractivity contribution in [3.8, 4) is 0 Å². The number of para-hydroxylation sites is 1. The summed E-state index contributed by atoms with van der Waals surface area (Å²) in [5.41, 5.74) is 2.73. The monoisotopic (exact) mass is 364 g/mol. The predicted octanol–water partition coefficient (Wildman–Crippen LogP) is 3.30. The number of amides is 1. The van der Waals surface area contributed by atoms with Crippen LogP contribution in [0.25, 0.3) is 0 Å². The summed E-state index contributed by atoms with van der Waals surface area (Å²) in [6, 6.07) is 12.4. The molecule has 126 valence electrons. The Labute approximate surface area is 146 Å². The van der Waals surface area contributed by atoms with Gasteiger partial charge in [-0.2, -0.15) is 0 Å². The molecular formula is C17H17ClN2O3S. The summed E-state index contributed by atoms with van der Waals surface area (Å²) in [6.07, 6.45) is 2.91. The van der Waals surface area contributed by atoms with Gasteiger partial charge in [0.1, 0.15) is 0 Å². The Balaban J connectivity index is 1.91. The van der Waals surface area contributed by atoms with Crippen LogP contribution >= 0.6 is 11.6 Å². The molecule has 1 aliphatic rings. The molecule has 0 fully saturated rings. The summed E-state index contributed by atoms with van der Waals surface area (Å²) in [6.45, 7) is 0.634. The zero-order valence-corrected chi connectivity index (χ0v) is 14.7. The first kappa shape index (κ1) is 16.8. The Morgan fingerprint density at radius 3 is 2.67 bits per heavy atom. The average Bonchev–Trinajstić information content (AvgIpc) is 2.52. The molecule has 0 unspecified atom stereocenters. The maximum atomic E-state index is 12.9. The molecule has 7 heteroatoms. The summed E-state index contributed by atoms with van der Waals surface area (Å²) in [7, 11) is -3.39. The number of benzene rings is 2. The number of carbonyl (C=O) groups is 1. The molecule has 0 saturated heterocycles. The van der Waals surface area contributed by atoms with Crippen molar-refractivity contribution in [2.24, 2.45) is 0 Å². The third kappa shape index (κ3) is 3.55. The van der Waals surface area contributed by atoms with Crippen molar-refractivity contribution >= 4 is 38.9 Å². The minimum absolute atomic E-state index is 0.182. The van der Waals surface area contributed by atoms with Crippen LogP contribution < -0.4 is 9.62 Å². The van der Waals surface area contributed by atoms with E-state index in [-0.39, 0.29) is 10.9 Å². The van der Waals surface area contributed by atoms with Crippen LogP contribution in [0.1, 0.15) is 22.3 Å². The van der Waals surface area contributed by atoms with E-state index in [2.05, 4.69) is 4.72 Å². The van der Waals surface area contributed by atoms with E-state index in [0.717, 1.165) is 30.3 Å². The second-order valence-corrected chi connectivity index (χ2v) is 7.91. The van der Waals surface area contributed by atoms with Gasteiger partial charge in [-0.3, -0.25) is 9.52 Å². The molecule has 0 spiro atoms. The molecular weight excluding hydrogens is 348 g/mol. The molecule has 0 bridgehead atoms. The van der Waals surface area contributed by atoms with Crippen molar-refractivity contribution in [1.29, 1.82) is 0 Å². The highest BCUT2D eigenvalue weighted by atomic mass is 35.5. The van der Waals surface area contributed by atoms with Crippen LogP contribution in [0.3, 0.4) is 0 Å². The first-order valence-electron chi connectivity index (χ1n) is 7.52. The second-order valence-electron chi connectivity index (χ2n) is 5.76. The number of anilines is 2. The summed E-state index contributed by atoms with van der Waals surface area (Å²) in [5.74, 6) is -0.182. The molecule has 0 aliphatic carbocycles. The van der Waals surface area contributed by atoms with E-state index in [1.54, 1.807) is 11.0 Å². The molecule has 1 N–H and O–H groups in total. The quantitative estimate of drug-likeness (QED) is 0.908. The fourth-order valence-corrected chi connectivity index (χ4v) is 3.67. The van der Waals surface area contributed by atoms with Crippen molar-refractivity contribution in [1.82, 2.24) is 0 Å². The molecule has 2 aromatic rings.